The van der Waals surface area contributed by atoms with Crippen LogP contribution in [0.5, 0.6) is 0 Å². The van der Waals surface area contributed by atoms with Crippen LogP contribution >= 0.6 is 0 Å². The van der Waals surface area contributed by atoms with E-state index in [0.29, 0.717) is 0 Å². The molecule has 0 N–H and O–H groups in total. The van der Waals surface area contributed by atoms with Crippen molar-refractivity contribution >= 4 is 165 Å². The van der Waals surface area contributed by atoms with Crippen LogP contribution in [-0.4, -0.2) is 9.13 Å². The summed E-state index contributed by atoms with van der Waals surface area (Å²) < 4.78 is 29.4. The molecule has 0 spiro atoms. The van der Waals surface area contributed by atoms with Gasteiger partial charge in [-0.2, -0.15) is 0 Å². The standard InChI is InChI=1S/C63H42N2O2.C60H38N2O2/c1-63(2)55-37-45(29-31-47(55)48-32-30-46(38-56(48)63)65-57-15-7-3-11-49(57)50-12-4-8-16-58(50)65)64(43-25-19-39(20-26-43)41-23-33-61-53(35-41)51-13-5-9-17-59(51)66-61)44-27-21-40(22-28-44)42-24-34-62-54(36-42)52-14-6-10-18-60(52)67-62;1-5-13-55-49(9-1)50-10-2-6-14-56(50)62(55)48-33-19-40(20-34-48)39-17-27-45(28-18-39)61(46-29-21-41(22-30-46)43-25-35-59-53(37-43)51-11-3-7-15-57(51)63-59)47-31-23-42(24-32-47)44-26-36-60-54(38-44)52-12-4-8-16-58(52)64-60/h3-38H,1-2H3;1-38H. The van der Waals surface area contributed by atoms with Crippen LogP contribution in [0.3, 0.4) is 0 Å². The number of benzene rings is 20. The highest BCUT2D eigenvalue weighted by Crippen LogP contribution is 2.53. The number of nitrogens with zero attached hydrogens (tertiary/aromatic N) is 4. The van der Waals surface area contributed by atoms with Crippen LogP contribution in [0.4, 0.5) is 34.1 Å². The van der Waals surface area contributed by atoms with E-state index in [9.17, 15) is 0 Å². The maximum absolute atomic E-state index is 6.17. The molecule has 20 aromatic carbocycles. The molecular weight excluding hydrogens is 1600 g/mol. The monoisotopic (exact) mass is 1680 g/mol. The Hall–Kier alpha value is -17.2. The van der Waals surface area contributed by atoms with Gasteiger partial charge in [0.15, 0.2) is 0 Å². The molecule has 27 rings (SSSR count). The van der Waals surface area contributed by atoms with E-state index < -0.39 is 0 Å². The molecule has 0 unspecified atom stereocenters. The lowest BCUT2D eigenvalue weighted by atomic mass is 9.82. The molecule has 616 valence electrons. The molecule has 6 aromatic heterocycles. The average Bonchev–Trinajstić information content (AvgIpc) is 1.56. The molecule has 0 atom stereocenters. The predicted octanol–water partition coefficient (Wildman–Crippen LogP) is 34.7. The predicted molar refractivity (Wildman–Crippen MR) is 545 cm³/mol. The number of hydrogen-bond donors (Lipinski definition) is 0. The first-order valence-corrected chi connectivity index (χ1v) is 44.8. The zero-order chi connectivity index (χ0) is 86.5. The van der Waals surface area contributed by atoms with Gasteiger partial charge in [-0.25, -0.2) is 0 Å². The molecule has 0 amide bonds. The zero-order valence-electron chi connectivity index (χ0n) is 71.6. The third-order valence-corrected chi connectivity index (χ3v) is 27.2. The van der Waals surface area contributed by atoms with Gasteiger partial charge in [0.25, 0.3) is 0 Å². The van der Waals surface area contributed by atoms with Crippen molar-refractivity contribution in [3.63, 3.8) is 0 Å². The van der Waals surface area contributed by atoms with Gasteiger partial charge in [0, 0.05) is 116 Å². The Labute approximate surface area is 754 Å². The average molecular weight is 1680 g/mol. The van der Waals surface area contributed by atoms with Crippen molar-refractivity contribution < 1.29 is 17.7 Å². The van der Waals surface area contributed by atoms with Gasteiger partial charge in [-0.3, -0.25) is 0 Å². The van der Waals surface area contributed by atoms with Gasteiger partial charge in [-0.05, 0) is 272 Å². The van der Waals surface area contributed by atoms with E-state index in [-0.39, 0.29) is 5.41 Å². The molecule has 0 saturated carbocycles. The molecule has 0 bridgehead atoms. The van der Waals surface area contributed by atoms with E-state index in [1.54, 1.807) is 0 Å². The van der Waals surface area contributed by atoms with Crippen LogP contribution in [-0.2, 0) is 5.41 Å². The summed E-state index contributed by atoms with van der Waals surface area (Å²) in [6, 6.07) is 161. The number of para-hydroxylation sites is 8. The molecule has 0 fully saturated rings. The van der Waals surface area contributed by atoms with Crippen LogP contribution < -0.4 is 9.80 Å². The minimum Gasteiger partial charge on any atom is -0.456 e. The third kappa shape index (κ3) is 12.5. The van der Waals surface area contributed by atoms with Crippen molar-refractivity contribution in [1.82, 2.24) is 9.13 Å². The minimum atomic E-state index is -0.249. The first-order valence-electron chi connectivity index (χ1n) is 44.8. The molecule has 0 aliphatic heterocycles. The second-order valence-electron chi connectivity index (χ2n) is 35.0. The highest BCUT2D eigenvalue weighted by Gasteiger charge is 2.37. The summed E-state index contributed by atoms with van der Waals surface area (Å²) in [7, 11) is 0. The SMILES string of the molecule is CC1(C)c2cc(N(c3ccc(-c4ccc5oc6ccccc6c5c4)cc3)c3ccc(-c4ccc5oc6ccccc6c5c4)cc3)ccc2-c2ccc(-n3c4ccccc4c4ccccc43)cc21.c1ccc2c(c1)oc1ccc(-c3ccc(N(c4ccc(-c5ccc(-n6c7ccccc7c7ccccc76)cc5)cc4)c4ccc(-c5ccc6oc7ccccc7c6c5)cc4)cc3)cc12. The van der Waals surface area contributed by atoms with E-state index in [1.807, 2.05) is 48.5 Å². The van der Waals surface area contributed by atoms with Crippen LogP contribution in [0, 0.1) is 0 Å². The van der Waals surface area contributed by atoms with Crippen LogP contribution in [0.15, 0.2) is 467 Å². The Morgan fingerprint density at radius 3 is 0.718 bits per heavy atom. The highest BCUT2D eigenvalue weighted by atomic mass is 16.3. The van der Waals surface area contributed by atoms with Gasteiger partial charge in [0.05, 0.1) is 22.1 Å². The van der Waals surface area contributed by atoms with E-state index in [4.69, 9.17) is 17.7 Å². The van der Waals surface area contributed by atoms with Crippen molar-refractivity contribution in [2.75, 3.05) is 9.80 Å². The Balaban J connectivity index is 0.000000138. The molecule has 1 aliphatic rings. The quantitative estimate of drug-likeness (QED) is 0.115. The maximum Gasteiger partial charge on any atom is 0.135 e. The lowest BCUT2D eigenvalue weighted by molar-refractivity contribution is 0.660. The summed E-state index contributed by atoms with van der Waals surface area (Å²) in [6.45, 7) is 4.76. The Kier molecular flexibility index (Phi) is 17.2. The first kappa shape index (κ1) is 75.2. The largest absolute Gasteiger partial charge is 0.456 e. The van der Waals surface area contributed by atoms with Crippen molar-refractivity contribution in [3.05, 3.63) is 460 Å². The molecule has 6 heterocycles. The summed E-state index contributed by atoms with van der Waals surface area (Å²) in [5, 5.41) is 14.1. The second kappa shape index (κ2) is 30.0. The molecule has 26 aromatic rings. The Bertz CT molecular complexity index is 8630. The zero-order valence-corrected chi connectivity index (χ0v) is 71.6. The number of anilines is 6. The van der Waals surface area contributed by atoms with E-state index in [2.05, 4.69) is 433 Å². The summed E-state index contributed by atoms with van der Waals surface area (Å²) in [5.74, 6) is 0. The van der Waals surface area contributed by atoms with Gasteiger partial charge in [-0.1, -0.05) is 269 Å². The third-order valence-electron chi connectivity index (χ3n) is 27.2. The van der Waals surface area contributed by atoms with Crippen molar-refractivity contribution in [2.24, 2.45) is 0 Å². The fourth-order valence-electron chi connectivity index (χ4n) is 20.7. The summed E-state index contributed by atoms with van der Waals surface area (Å²) in [4.78, 5) is 4.73. The summed E-state index contributed by atoms with van der Waals surface area (Å²) in [6.07, 6.45) is 0. The smallest absolute Gasteiger partial charge is 0.135 e. The molecule has 0 radical (unpaired) electrons. The van der Waals surface area contributed by atoms with Crippen LogP contribution in [0.1, 0.15) is 25.0 Å². The highest BCUT2D eigenvalue weighted by molar-refractivity contribution is 6.13. The second-order valence-corrected chi connectivity index (χ2v) is 35.0. The van der Waals surface area contributed by atoms with E-state index in [0.717, 1.165) is 178 Å². The normalized spacial score (nSPS) is 12.4. The number of fused-ring (bicyclic) bond motifs is 21. The van der Waals surface area contributed by atoms with E-state index >= 15 is 0 Å². The van der Waals surface area contributed by atoms with E-state index in [1.165, 1.54) is 77.1 Å². The number of hydrogen-bond acceptors (Lipinski definition) is 6. The summed E-state index contributed by atoms with van der Waals surface area (Å²) >= 11 is 0. The fraction of sp³-hybridized carbons (Fsp3) is 0.0244. The molecular formula is C123H80N4O4. The lowest BCUT2D eigenvalue weighted by Gasteiger charge is -2.28. The fourth-order valence-corrected chi connectivity index (χ4v) is 20.7. The Morgan fingerprint density at radius 1 is 0.176 bits per heavy atom. The molecule has 8 nitrogen and oxygen atoms in total. The number of rotatable bonds is 13. The van der Waals surface area contributed by atoms with Gasteiger partial charge in [-0.15, -0.1) is 0 Å². The number of aromatic nitrogens is 2. The Morgan fingerprint density at radius 2 is 0.397 bits per heavy atom. The van der Waals surface area contributed by atoms with Crippen molar-refractivity contribution in [2.45, 2.75) is 19.3 Å². The minimum absolute atomic E-state index is 0.249. The number of furan rings is 4. The van der Waals surface area contributed by atoms with Gasteiger partial charge in [0.2, 0.25) is 0 Å². The molecule has 131 heavy (non-hydrogen) atoms. The van der Waals surface area contributed by atoms with Gasteiger partial charge < -0.3 is 36.6 Å². The van der Waals surface area contributed by atoms with Crippen LogP contribution in [0.2, 0.25) is 0 Å². The van der Waals surface area contributed by atoms with Crippen molar-refractivity contribution in [3.8, 4) is 78.1 Å². The van der Waals surface area contributed by atoms with Gasteiger partial charge in [0.1, 0.15) is 44.7 Å². The molecule has 0 saturated heterocycles. The maximum atomic E-state index is 6.17. The van der Waals surface area contributed by atoms with Gasteiger partial charge >= 0.3 is 0 Å². The lowest BCUT2D eigenvalue weighted by Crippen LogP contribution is -2.17. The summed E-state index contributed by atoms with van der Waals surface area (Å²) in [5.41, 5.74) is 37.4. The topological polar surface area (TPSA) is 68.9 Å². The molecule has 8 heteroatoms. The van der Waals surface area contributed by atoms with Crippen LogP contribution in [0.25, 0.3) is 210 Å². The molecule has 1 aliphatic carbocycles. The van der Waals surface area contributed by atoms with Crippen molar-refractivity contribution in [1.29, 1.82) is 0 Å². The first-order chi connectivity index (χ1) is 64.6.